The van der Waals surface area contributed by atoms with Gasteiger partial charge in [-0.25, -0.2) is 0 Å². The molecular formula is C15H20N2O3. The van der Waals surface area contributed by atoms with E-state index >= 15 is 0 Å². The zero-order valence-electron chi connectivity index (χ0n) is 11.4. The van der Waals surface area contributed by atoms with Crippen LogP contribution in [0.4, 0.5) is 0 Å². The monoisotopic (exact) mass is 276 g/mol. The van der Waals surface area contributed by atoms with Crippen molar-refractivity contribution in [3.63, 3.8) is 0 Å². The summed E-state index contributed by atoms with van der Waals surface area (Å²) in [5.74, 6) is 1.17. The predicted octanol–water partition coefficient (Wildman–Crippen LogP) is 1.21. The van der Waals surface area contributed by atoms with Crippen LogP contribution in [-0.2, 0) is 4.79 Å². The van der Waals surface area contributed by atoms with Gasteiger partial charge in [0.1, 0.15) is 6.61 Å². The lowest BCUT2D eigenvalue weighted by molar-refractivity contribution is -0.131. The van der Waals surface area contributed by atoms with Crippen molar-refractivity contribution in [3.05, 3.63) is 24.3 Å². The summed E-state index contributed by atoms with van der Waals surface area (Å²) in [6, 6.07) is 7.48. The van der Waals surface area contributed by atoms with Gasteiger partial charge in [0.05, 0.1) is 0 Å². The summed E-state index contributed by atoms with van der Waals surface area (Å²) >= 11 is 0. The van der Waals surface area contributed by atoms with Crippen molar-refractivity contribution < 1.29 is 14.3 Å². The van der Waals surface area contributed by atoms with E-state index in [0.29, 0.717) is 11.5 Å². The lowest BCUT2D eigenvalue weighted by atomic mass is 9.91. The number of nitrogens with one attached hydrogen (secondary N) is 1. The van der Waals surface area contributed by atoms with Crippen LogP contribution in [0, 0.1) is 0 Å². The van der Waals surface area contributed by atoms with Crippen molar-refractivity contribution in [2.75, 3.05) is 6.61 Å². The number of para-hydroxylation sites is 2. The highest BCUT2D eigenvalue weighted by atomic mass is 16.6. The third-order valence-corrected chi connectivity index (χ3v) is 3.95. The van der Waals surface area contributed by atoms with E-state index in [2.05, 4.69) is 5.32 Å². The van der Waals surface area contributed by atoms with Gasteiger partial charge in [0.15, 0.2) is 11.5 Å². The average molecular weight is 276 g/mol. The normalized spacial score (nSPS) is 28.8. The zero-order chi connectivity index (χ0) is 13.9. The number of nitrogens with two attached hydrogens (primary N) is 1. The molecule has 2 aliphatic rings. The van der Waals surface area contributed by atoms with Crippen LogP contribution in [-0.4, -0.2) is 30.7 Å². The van der Waals surface area contributed by atoms with Crippen LogP contribution in [0.3, 0.4) is 0 Å². The fourth-order valence-corrected chi connectivity index (χ4v) is 2.76. The van der Waals surface area contributed by atoms with E-state index in [1.807, 2.05) is 18.2 Å². The number of ether oxygens (including phenoxy) is 2. The van der Waals surface area contributed by atoms with Crippen molar-refractivity contribution >= 4 is 5.91 Å². The number of fused-ring (bicyclic) bond motifs is 1. The lowest BCUT2D eigenvalue weighted by Crippen LogP contribution is -2.54. The highest BCUT2D eigenvalue weighted by Crippen LogP contribution is 2.31. The first-order valence-corrected chi connectivity index (χ1v) is 7.18. The summed E-state index contributed by atoms with van der Waals surface area (Å²) in [5.41, 5.74) is 6.05. The molecule has 1 aromatic carbocycles. The molecule has 0 radical (unpaired) electrons. The number of hydrogen-bond donors (Lipinski definition) is 2. The van der Waals surface area contributed by atoms with Gasteiger partial charge >= 0.3 is 0 Å². The molecule has 1 amide bonds. The molecule has 0 spiro atoms. The van der Waals surface area contributed by atoms with Gasteiger partial charge < -0.3 is 20.5 Å². The first-order valence-electron chi connectivity index (χ1n) is 7.18. The van der Waals surface area contributed by atoms with Gasteiger partial charge in [-0.15, -0.1) is 0 Å². The molecule has 5 heteroatoms. The van der Waals surface area contributed by atoms with Gasteiger partial charge in [-0.2, -0.15) is 0 Å². The van der Waals surface area contributed by atoms with E-state index < -0.39 is 6.10 Å². The van der Waals surface area contributed by atoms with E-state index in [0.717, 1.165) is 25.7 Å². The molecule has 1 aliphatic heterocycles. The van der Waals surface area contributed by atoms with Gasteiger partial charge in [0.25, 0.3) is 5.91 Å². The van der Waals surface area contributed by atoms with Crippen molar-refractivity contribution in [2.24, 2.45) is 5.73 Å². The average Bonchev–Trinajstić information content (AvgIpc) is 2.49. The van der Waals surface area contributed by atoms with E-state index in [4.69, 9.17) is 15.2 Å². The number of carbonyl (C=O) groups excluding carboxylic acids is 1. The second kappa shape index (κ2) is 5.71. The molecular weight excluding hydrogens is 256 g/mol. The molecule has 3 atom stereocenters. The highest BCUT2D eigenvalue weighted by Gasteiger charge is 2.31. The molecule has 20 heavy (non-hydrogen) atoms. The third kappa shape index (κ3) is 2.72. The van der Waals surface area contributed by atoms with Crippen molar-refractivity contribution in [1.82, 2.24) is 5.32 Å². The van der Waals surface area contributed by atoms with Gasteiger partial charge in [-0.05, 0) is 25.0 Å². The molecule has 1 heterocycles. The topological polar surface area (TPSA) is 73.6 Å². The quantitative estimate of drug-likeness (QED) is 0.851. The smallest absolute Gasteiger partial charge is 0.264 e. The van der Waals surface area contributed by atoms with Crippen LogP contribution >= 0.6 is 0 Å². The Kier molecular flexibility index (Phi) is 3.78. The van der Waals surface area contributed by atoms with Gasteiger partial charge in [-0.3, -0.25) is 4.79 Å². The number of rotatable bonds is 2. The molecule has 1 saturated carbocycles. The van der Waals surface area contributed by atoms with E-state index in [1.54, 1.807) is 6.07 Å². The second-order valence-electron chi connectivity index (χ2n) is 5.43. The number of benzene rings is 1. The molecule has 0 aromatic heterocycles. The Bertz CT molecular complexity index is 492. The summed E-state index contributed by atoms with van der Waals surface area (Å²) in [6.07, 6.45) is 3.57. The van der Waals surface area contributed by atoms with E-state index in [9.17, 15) is 4.79 Å². The maximum Gasteiger partial charge on any atom is 0.264 e. The van der Waals surface area contributed by atoms with E-state index in [1.165, 1.54) is 0 Å². The molecule has 108 valence electrons. The van der Waals surface area contributed by atoms with Gasteiger partial charge in [0.2, 0.25) is 6.10 Å². The standard InChI is InChI=1S/C15H20N2O3/c16-10-5-1-2-6-11(10)17-15(18)14-9-19-12-7-3-4-8-13(12)20-14/h3-4,7-8,10-11,14H,1-2,5-6,9,16H2,(H,17,18)/t10-,11-,14?/m1/s1. The molecule has 1 fully saturated rings. The summed E-state index contributed by atoms with van der Waals surface area (Å²) in [4.78, 5) is 12.3. The largest absolute Gasteiger partial charge is 0.485 e. The highest BCUT2D eigenvalue weighted by molar-refractivity contribution is 5.82. The Morgan fingerprint density at radius 3 is 2.75 bits per heavy atom. The van der Waals surface area contributed by atoms with Crippen LogP contribution < -0.4 is 20.5 Å². The third-order valence-electron chi connectivity index (χ3n) is 3.95. The van der Waals surface area contributed by atoms with Gasteiger partial charge in [0, 0.05) is 12.1 Å². The molecule has 3 N–H and O–H groups in total. The SMILES string of the molecule is N[C@@H]1CCCC[C@H]1NC(=O)C1COc2ccccc2O1. The van der Waals surface area contributed by atoms with Crippen LogP contribution in [0.2, 0.25) is 0 Å². The summed E-state index contributed by atoms with van der Waals surface area (Å²) < 4.78 is 11.2. The second-order valence-corrected chi connectivity index (χ2v) is 5.43. The summed E-state index contributed by atoms with van der Waals surface area (Å²) in [6.45, 7) is 0.241. The number of carbonyl (C=O) groups is 1. The van der Waals surface area contributed by atoms with Crippen molar-refractivity contribution in [1.29, 1.82) is 0 Å². The van der Waals surface area contributed by atoms with Gasteiger partial charge in [-0.1, -0.05) is 25.0 Å². The minimum absolute atomic E-state index is 0.0458. The fourth-order valence-electron chi connectivity index (χ4n) is 2.76. The Morgan fingerprint density at radius 2 is 1.95 bits per heavy atom. The molecule has 1 aliphatic carbocycles. The first kappa shape index (κ1) is 13.2. The first-order chi connectivity index (χ1) is 9.74. The van der Waals surface area contributed by atoms with Crippen molar-refractivity contribution in [2.45, 2.75) is 43.9 Å². The molecule has 3 rings (SSSR count). The van der Waals surface area contributed by atoms with Crippen molar-refractivity contribution in [3.8, 4) is 11.5 Å². The van der Waals surface area contributed by atoms with Crippen LogP contribution in [0.15, 0.2) is 24.3 Å². The Hall–Kier alpha value is -1.75. The number of amides is 1. The Balaban J connectivity index is 1.61. The maximum absolute atomic E-state index is 12.3. The zero-order valence-corrected chi connectivity index (χ0v) is 11.4. The molecule has 0 bridgehead atoms. The maximum atomic E-state index is 12.3. The molecule has 0 saturated heterocycles. The molecule has 1 aromatic rings. The predicted molar refractivity (Wildman–Crippen MR) is 74.7 cm³/mol. The molecule has 1 unspecified atom stereocenters. The van der Waals surface area contributed by atoms with Crippen LogP contribution in [0.5, 0.6) is 11.5 Å². The summed E-state index contributed by atoms with van der Waals surface area (Å²) in [7, 11) is 0. The minimum atomic E-state index is -0.598. The fraction of sp³-hybridized carbons (Fsp3) is 0.533. The Morgan fingerprint density at radius 1 is 1.20 bits per heavy atom. The minimum Gasteiger partial charge on any atom is -0.485 e. The lowest BCUT2D eigenvalue weighted by Gasteiger charge is -2.32. The molecule has 5 nitrogen and oxygen atoms in total. The van der Waals surface area contributed by atoms with E-state index in [-0.39, 0.29) is 24.6 Å². The Labute approximate surface area is 118 Å². The van der Waals surface area contributed by atoms with Crippen LogP contribution in [0.1, 0.15) is 25.7 Å². The summed E-state index contributed by atoms with van der Waals surface area (Å²) in [5, 5.41) is 3.00. The van der Waals surface area contributed by atoms with Crippen LogP contribution in [0.25, 0.3) is 0 Å². The number of hydrogen-bond acceptors (Lipinski definition) is 4.